The number of aliphatic hydroxyl groups is 1. The van der Waals surface area contributed by atoms with Crippen LogP contribution in [0.5, 0.6) is 0 Å². The van der Waals surface area contributed by atoms with Gasteiger partial charge in [0.1, 0.15) is 5.82 Å². The first-order chi connectivity index (χ1) is 9.08. The fourth-order valence-corrected chi connectivity index (χ4v) is 2.15. The molecule has 1 fully saturated rings. The lowest BCUT2D eigenvalue weighted by Crippen LogP contribution is -2.35. The zero-order valence-corrected chi connectivity index (χ0v) is 11.2. The van der Waals surface area contributed by atoms with Crippen molar-refractivity contribution < 1.29 is 14.3 Å². The Morgan fingerprint density at radius 2 is 2.16 bits per heavy atom. The minimum absolute atomic E-state index is 0.0528. The van der Waals surface area contributed by atoms with Gasteiger partial charge in [-0.1, -0.05) is 18.2 Å². The van der Waals surface area contributed by atoms with Crippen LogP contribution in [0.3, 0.4) is 0 Å². The molecule has 0 spiro atoms. The maximum atomic E-state index is 13.4. The van der Waals surface area contributed by atoms with Gasteiger partial charge in [-0.25, -0.2) is 4.39 Å². The van der Waals surface area contributed by atoms with E-state index < -0.39 is 6.10 Å². The van der Waals surface area contributed by atoms with E-state index in [0.29, 0.717) is 24.4 Å². The second-order valence-corrected chi connectivity index (χ2v) is 5.27. The molecule has 0 bridgehead atoms. The van der Waals surface area contributed by atoms with Crippen LogP contribution in [0, 0.1) is 11.7 Å². The molecule has 3 nitrogen and oxygen atoms in total. The highest BCUT2D eigenvalue weighted by atomic mass is 19.1. The molecule has 19 heavy (non-hydrogen) atoms. The van der Waals surface area contributed by atoms with Crippen molar-refractivity contribution in [1.29, 1.82) is 0 Å². The second-order valence-electron chi connectivity index (χ2n) is 5.27. The van der Waals surface area contributed by atoms with Crippen LogP contribution in [0.15, 0.2) is 24.3 Å². The Bertz CT molecular complexity index is 446. The first-order valence-electron chi connectivity index (χ1n) is 6.73. The molecule has 1 saturated carbocycles. The molecule has 2 rings (SSSR count). The molecule has 104 valence electrons. The van der Waals surface area contributed by atoms with E-state index in [0.717, 1.165) is 12.8 Å². The zero-order chi connectivity index (χ0) is 13.8. The van der Waals surface area contributed by atoms with Crippen molar-refractivity contribution in [2.24, 2.45) is 5.92 Å². The number of nitrogens with zero attached hydrogens (tertiary/aromatic N) is 1. The molecule has 1 aromatic rings. The van der Waals surface area contributed by atoms with Crippen molar-refractivity contribution in [3.05, 3.63) is 35.6 Å². The van der Waals surface area contributed by atoms with E-state index in [4.69, 9.17) is 0 Å². The van der Waals surface area contributed by atoms with Gasteiger partial charge in [0, 0.05) is 20.0 Å². The molecular weight excluding hydrogens is 245 g/mol. The summed E-state index contributed by atoms with van der Waals surface area (Å²) in [4.78, 5) is 13.4. The topological polar surface area (TPSA) is 40.5 Å². The summed E-state index contributed by atoms with van der Waals surface area (Å²) >= 11 is 0. The predicted molar refractivity (Wildman–Crippen MR) is 71.1 cm³/mol. The number of aliphatic hydroxyl groups excluding tert-OH is 1. The number of carbonyl (C=O) groups excluding carboxylic acids is 1. The van der Waals surface area contributed by atoms with Gasteiger partial charge in [-0.3, -0.25) is 4.79 Å². The minimum Gasteiger partial charge on any atom is -0.391 e. The quantitative estimate of drug-likeness (QED) is 0.854. The number of benzene rings is 1. The van der Waals surface area contributed by atoms with Crippen molar-refractivity contribution >= 4 is 5.91 Å². The molecule has 1 aliphatic carbocycles. The molecule has 0 radical (unpaired) electrons. The Balaban J connectivity index is 1.78. The summed E-state index contributed by atoms with van der Waals surface area (Å²) in [6.45, 7) is 0.376. The van der Waals surface area contributed by atoms with Crippen LogP contribution in [0.2, 0.25) is 0 Å². The lowest BCUT2D eigenvalue weighted by Gasteiger charge is -2.20. The van der Waals surface area contributed by atoms with Gasteiger partial charge in [0.2, 0.25) is 5.91 Å². The van der Waals surface area contributed by atoms with Crippen LogP contribution < -0.4 is 0 Å². The standard InChI is InChI=1S/C15H20FNO2/c1-17(10-14(18)12-6-7-12)15(19)9-8-11-4-2-3-5-13(11)16/h2-5,12,14,18H,6-10H2,1H3. The maximum absolute atomic E-state index is 13.4. The fraction of sp³-hybridized carbons (Fsp3) is 0.533. The molecule has 1 N–H and O–H groups in total. The van der Waals surface area contributed by atoms with E-state index in [9.17, 15) is 14.3 Å². The number of carbonyl (C=O) groups is 1. The zero-order valence-electron chi connectivity index (χ0n) is 11.2. The van der Waals surface area contributed by atoms with Gasteiger partial charge in [0.25, 0.3) is 0 Å². The molecule has 1 amide bonds. The number of hydrogen-bond acceptors (Lipinski definition) is 2. The number of aryl methyl sites for hydroxylation is 1. The van der Waals surface area contributed by atoms with E-state index in [1.54, 1.807) is 30.1 Å². The Hall–Kier alpha value is -1.42. The number of rotatable bonds is 6. The summed E-state index contributed by atoms with van der Waals surface area (Å²) < 4.78 is 13.4. The molecule has 0 heterocycles. The summed E-state index contributed by atoms with van der Waals surface area (Å²) in [5.41, 5.74) is 0.562. The molecule has 1 atom stereocenters. The monoisotopic (exact) mass is 265 g/mol. The van der Waals surface area contributed by atoms with Gasteiger partial charge in [0.05, 0.1) is 6.10 Å². The highest BCUT2D eigenvalue weighted by Gasteiger charge is 2.30. The van der Waals surface area contributed by atoms with E-state index in [1.807, 2.05) is 0 Å². The summed E-state index contributed by atoms with van der Waals surface area (Å²) in [5, 5.41) is 9.78. The maximum Gasteiger partial charge on any atom is 0.222 e. The van der Waals surface area contributed by atoms with Crippen LogP contribution in [0.1, 0.15) is 24.8 Å². The molecule has 4 heteroatoms. The third-order valence-corrected chi connectivity index (χ3v) is 3.62. The number of halogens is 1. The lowest BCUT2D eigenvalue weighted by molar-refractivity contribution is -0.131. The molecule has 0 aliphatic heterocycles. The van der Waals surface area contributed by atoms with Crippen LogP contribution in [-0.4, -0.2) is 35.6 Å². The predicted octanol–water partition coefficient (Wildman–Crippen LogP) is 1.99. The first-order valence-corrected chi connectivity index (χ1v) is 6.73. The van der Waals surface area contributed by atoms with E-state index in [1.165, 1.54) is 6.07 Å². The van der Waals surface area contributed by atoms with Crippen molar-refractivity contribution in [1.82, 2.24) is 4.90 Å². The summed E-state index contributed by atoms with van der Waals surface area (Å²) in [5.74, 6) is 0.0424. The summed E-state index contributed by atoms with van der Waals surface area (Å²) in [6, 6.07) is 6.50. The molecule has 1 unspecified atom stereocenters. The smallest absolute Gasteiger partial charge is 0.222 e. The molecular formula is C15H20FNO2. The normalized spacial score (nSPS) is 16.2. The van der Waals surface area contributed by atoms with Crippen molar-refractivity contribution in [3.63, 3.8) is 0 Å². The summed E-state index contributed by atoms with van der Waals surface area (Å²) in [6.07, 6.45) is 2.36. The van der Waals surface area contributed by atoms with Gasteiger partial charge in [-0.2, -0.15) is 0 Å². The molecule has 0 saturated heterocycles. The Kier molecular flexibility index (Phi) is 4.53. The van der Waals surface area contributed by atoms with Crippen LogP contribution in [0.4, 0.5) is 4.39 Å². The lowest BCUT2D eigenvalue weighted by atomic mass is 10.1. The van der Waals surface area contributed by atoms with E-state index in [2.05, 4.69) is 0 Å². The van der Waals surface area contributed by atoms with Gasteiger partial charge < -0.3 is 10.0 Å². The van der Waals surface area contributed by atoms with E-state index in [-0.39, 0.29) is 18.1 Å². The molecule has 0 aromatic heterocycles. The van der Waals surface area contributed by atoms with Crippen molar-refractivity contribution in [3.8, 4) is 0 Å². The Morgan fingerprint density at radius 1 is 1.47 bits per heavy atom. The van der Waals surface area contributed by atoms with E-state index >= 15 is 0 Å². The van der Waals surface area contributed by atoms with Gasteiger partial charge in [-0.05, 0) is 36.8 Å². The van der Waals surface area contributed by atoms with Crippen molar-refractivity contribution in [2.75, 3.05) is 13.6 Å². The number of amides is 1. The van der Waals surface area contributed by atoms with Crippen molar-refractivity contribution in [2.45, 2.75) is 31.8 Å². The Morgan fingerprint density at radius 3 is 2.79 bits per heavy atom. The number of likely N-dealkylation sites (N-methyl/N-ethyl adjacent to an activating group) is 1. The molecule has 1 aliphatic rings. The average molecular weight is 265 g/mol. The van der Waals surface area contributed by atoms with Gasteiger partial charge >= 0.3 is 0 Å². The van der Waals surface area contributed by atoms with Crippen LogP contribution >= 0.6 is 0 Å². The molecule has 1 aromatic carbocycles. The third-order valence-electron chi connectivity index (χ3n) is 3.62. The Labute approximate surface area is 113 Å². The number of hydrogen-bond donors (Lipinski definition) is 1. The first kappa shape index (κ1) is 14.0. The fourth-order valence-electron chi connectivity index (χ4n) is 2.15. The van der Waals surface area contributed by atoms with Gasteiger partial charge in [-0.15, -0.1) is 0 Å². The van der Waals surface area contributed by atoms with Crippen LogP contribution in [0.25, 0.3) is 0 Å². The average Bonchev–Trinajstić information content (AvgIpc) is 3.21. The minimum atomic E-state index is -0.414. The third kappa shape index (κ3) is 4.03. The van der Waals surface area contributed by atoms with Gasteiger partial charge in [0.15, 0.2) is 0 Å². The highest BCUT2D eigenvalue weighted by molar-refractivity contribution is 5.76. The summed E-state index contributed by atoms with van der Waals surface area (Å²) in [7, 11) is 1.69. The largest absolute Gasteiger partial charge is 0.391 e. The van der Waals surface area contributed by atoms with Crippen LogP contribution in [-0.2, 0) is 11.2 Å². The second kappa shape index (κ2) is 6.15. The highest BCUT2D eigenvalue weighted by Crippen LogP contribution is 2.32. The SMILES string of the molecule is CN(CC(O)C1CC1)C(=O)CCc1ccccc1F.